The van der Waals surface area contributed by atoms with Crippen LogP contribution in [0, 0.1) is 0 Å². The van der Waals surface area contributed by atoms with Gasteiger partial charge in [-0.2, -0.15) is 0 Å². The molecule has 1 atom stereocenters. The van der Waals surface area contributed by atoms with E-state index in [1.807, 2.05) is 0 Å². The minimum absolute atomic E-state index is 0.0679. The van der Waals surface area contributed by atoms with Crippen molar-refractivity contribution in [2.24, 2.45) is 0 Å². The van der Waals surface area contributed by atoms with Crippen LogP contribution in [0.3, 0.4) is 0 Å². The second kappa shape index (κ2) is 59.7. The van der Waals surface area contributed by atoms with Gasteiger partial charge in [-0.15, -0.1) is 0 Å². The normalized spacial score (nSPS) is 12.4. The average molecular weight is 994 g/mol. The number of ether oxygens (including phenoxy) is 3. The fourth-order valence-corrected chi connectivity index (χ4v) is 8.94. The maximum Gasteiger partial charge on any atom is 0.306 e. The summed E-state index contributed by atoms with van der Waals surface area (Å²) in [5.41, 5.74) is 0. The molecule has 0 aromatic rings. The van der Waals surface area contributed by atoms with E-state index in [9.17, 15) is 14.4 Å². The van der Waals surface area contributed by atoms with Crippen LogP contribution in [0.2, 0.25) is 0 Å². The predicted molar refractivity (Wildman–Crippen MR) is 307 cm³/mol. The van der Waals surface area contributed by atoms with Crippen LogP contribution in [-0.2, 0) is 28.6 Å². The van der Waals surface area contributed by atoms with E-state index in [1.165, 1.54) is 186 Å². The Labute approximate surface area is 440 Å². The second-order valence-corrected chi connectivity index (χ2v) is 20.6. The van der Waals surface area contributed by atoms with E-state index in [0.717, 1.165) is 89.9 Å². The predicted octanol–water partition coefficient (Wildman–Crippen LogP) is 20.8. The highest BCUT2D eigenvalue weighted by atomic mass is 16.6. The summed E-state index contributed by atoms with van der Waals surface area (Å²) in [5.74, 6) is -0.854. The molecule has 71 heavy (non-hydrogen) atoms. The molecular formula is C65H116O6. The van der Waals surface area contributed by atoms with Gasteiger partial charge in [-0.05, 0) is 64.2 Å². The lowest BCUT2D eigenvalue weighted by Gasteiger charge is -2.18. The second-order valence-electron chi connectivity index (χ2n) is 20.6. The molecule has 0 aliphatic heterocycles. The van der Waals surface area contributed by atoms with Crippen molar-refractivity contribution >= 4 is 17.9 Å². The number of allylic oxidation sites excluding steroid dienone is 10. The quantitative estimate of drug-likeness (QED) is 0.0261. The molecule has 0 N–H and O–H groups in total. The van der Waals surface area contributed by atoms with E-state index in [2.05, 4.69) is 81.5 Å². The first-order valence-corrected chi connectivity index (χ1v) is 30.8. The van der Waals surface area contributed by atoms with Gasteiger partial charge in [0, 0.05) is 19.3 Å². The van der Waals surface area contributed by atoms with Crippen LogP contribution in [0.1, 0.15) is 316 Å². The van der Waals surface area contributed by atoms with Crippen molar-refractivity contribution in [2.75, 3.05) is 13.2 Å². The molecule has 0 aliphatic rings. The summed E-state index contributed by atoms with van der Waals surface area (Å²) in [6, 6.07) is 0. The third-order valence-corrected chi connectivity index (χ3v) is 13.5. The van der Waals surface area contributed by atoms with E-state index in [-0.39, 0.29) is 31.1 Å². The fraction of sp³-hybridized carbons (Fsp3) is 0.800. The first-order valence-electron chi connectivity index (χ1n) is 30.8. The standard InChI is InChI=1S/C65H116O6/c1-4-7-10-13-16-19-22-24-25-26-27-28-29-30-31-32-33-34-35-36-37-38-39-40-41-42-44-46-49-52-55-58-64(67)70-61-62(60-69-63(66)57-54-51-48-45-21-18-15-12-9-6-3)71-65(68)59-56-53-50-47-43-23-20-17-14-11-8-5-2/h7,10,16,19,24-25,27-28,30-31,62H,4-6,8-9,11-15,17-18,20-23,26,29,32-61H2,1-3H3/b10-7-,19-16-,25-24-,28-27-,31-30-. The Hall–Kier alpha value is -2.89. The van der Waals surface area contributed by atoms with Crippen LogP contribution < -0.4 is 0 Å². The lowest BCUT2D eigenvalue weighted by atomic mass is 10.0. The van der Waals surface area contributed by atoms with E-state index in [1.54, 1.807) is 0 Å². The van der Waals surface area contributed by atoms with Crippen LogP contribution in [-0.4, -0.2) is 37.2 Å². The van der Waals surface area contributed by atoms with Gasteiger partial charge in [0.05, 0.1) is 0 Å². The maximum absolute atomic E-state index is 12.8. The van der Waals surface area contributed by atoms with Crippen LogP contribution in [0.5, 0.6) is 0 Å². The van der Waals surface area contributed by atoms with Gasteiger partial charge in [-0.1, -0.05) is 293 Å². The lowest BCUT2D eigenvalue weighted by molar-refractivity contribution is -0.167. The summed E-state index contributed by atoms with van der Waals surface area (Å²) in [6.07, 6.45) is 75.2. The molecule has 0 aromatic heterocycles. The molecule has 0 aliphatic carbocycles. The Morgan fingerprint density at radius 2 is 0.549 bits per heavy atom. The summed E-state index contributed by atoms with van der Waals surface area (Å²) in [4.78, 5) is 38.1. The van der Waals surface area contributed by atoms with Gasteiger partial charge in [0.2, 0.25) is 0 Å². The summed E-state index contributed by atoms with van der Waals surface area (Å²) in [6.45, 7) is 6.54. The molecule has 0 spiro atoms. The Balaban J connectivity index is 4.07. The summed E-state index contributed by atoms with van der Waals surface area (Å²) < 4.78 is 16.8. The summed E-state index contributed by atoms with van der Waals surface area (Å²) >= 11 is 0. The van der Waals surface area contributed by atoms with Crippen LogP contribution in [0.25, 0.3) is 0 Å². The molecule has 0 saturated heterocycles. The van der Waals surface area contributed by atoms with Gasteiger partial charge < -0.3 is 14.2 Å². The van der Waals surface area contributed by atoms with Crippen molar-refractivity contribution < 1.29 is 28.6 Å². The average Bonchev–Trinajstić information content (AvgIpc) is 3.37. The Kier molecular flexibility index (Phi) is 57.2. The topological polar surface area (TPSA) is 78.9 Å². The number of hydrogen-bond donors (Lipinski definition) is 0. The Morgan fingerprint density at radius 1 is 0.296 bits per heavy atom. The van der Waals surface area contributed by atoms with Crippen LogP contribution >= 0.6 is 0 Å². The number of carbonyl (C=O) groups excluding carboxylic acids is 3. The van der Waals surface area contributed by atoms with Gasteiger partial charge in [0.25, 0.3) is 0 Å². The molecule has 0 heterocycles. The molecule has 0 fully saturated rings. The number of hydrogen-bond acceptors (Lipinski definition) is 6. The third-order valence-electron chi connectivity index (χ3n) is 13.5. The third kappa shape index (κ3) is 57.9. The largest absolute Gasteiger partial charge is 0.462 e. The Morgan fingerprint density at radius 3 is 0.859 bits per heavy atom. The first kappa shape index (κ1) is 68.1. The maximum atomic E-state index is 12.8. The zero-order chi connectivity index (χ0) is 51.4. The number of rotatable bonds is 56. The summed E-state index contributed by atoms with van der Waals surface area (Å²) in [5, 5.41) is 0. The minimum Gasteiger partial charge on any atom is -0.462 e. The van der Waals surface area contributed by atoms with E-state index >= 15 is 0 Å². The monoisotopic (exact) mass is 993 g/mol. The minimum atomic E-state index is -0.767. The fourth-order valence-electron chi connectivity index (χ4n) is 8.94. The zero-order valence-corrected chi connectivity index (χ0v) is 47.2. The highest BCUT2D eigenvalue weighted by Crippen LogP contribution is 2.17. The molecule has 6 nitrogen and oxygen atoms in total. The molecule has 6 heteroatoms. The molecule has 0 bridgehead atoms. The molecular weight excluding hydrogens is 877 g/mol. The van der Waals surface area contributed by atoms with Gasteiger partial charge in [0.15, 0.2) is 6.10 Å². The van der Waals surface area contributed by atoms with E-state index in [4.69, 9.17) is 14.2 Å². The number of esters is 3. The summed E-state index contributed by atoms with van der Waals surface area (Å²) in [7, 11) is 0. The zero-order valence-electron chi connectivity index (χ0n) is 47.2. The number of carbonyl (C=O) groups is 3. The van der Waals surface area contributed by atoms with Crippen molar-refractivity contribution in [3.63, 3.8) is 0 Å². The van der Waals surface area contributed by atoms with Gasteiger partial charge >= 0.3 is 17.9 Å². The van der Waals surface area contributed by atoms with Crippen molar-refractivity contribution in [2.45, 2.75) is 322 Å². The molecule has 0 amide bonds. The lowest BCUT2D eigenvalue weighted by Crippen LogP contribution is -2.30. The van der Waals surface area contributed by atoms with Crippen LogP contribution in [0.15, 0.2) is 60.8 Å². The van der Waals surface area contributed by atoms with Gasteiger partial charge in [-0.3, -0.25) is 14.4 Å². The molecule has 0 saturated carbocycles. The highest BCUT2D eigenvalue weighted by molar-refractivity contribution is 5.71. The number of unbranched alkanes of at least 4 members (excludes halogenated alkanes) is 35. The molecule has 0 aromatic carbocycles. The molecule has 1 unspecified atom stereocenters. The van der Waals surface area contributed by atoms with Crippen molar-refractivity contribution in [1.29, 1.82) is 0 Å². The SMILES string of the molecule is CC/C=C\C/C=C\C/C=C\C/C=C\C/C=C\CCCCCCCCCCCCCCCCCC(=O)OCC(COC(=O)CCCCCCCCCCCC)OC(=O)CCCCCCCCCCCCCC. The van der Waals surface area contributed by atoms with Crippen molar-refractivity contribution in [3.8, 4) is 0 Å². The van der Waals surface area contributed by atoms with Crippen molar-refractivity contribution in [3.05, 3.63) is 60.8 Å². The molecule has 0 radical (unpaired) electrons. The van der Waals surface area contributed by atoms with Gasteiger partial charge in [0.1, 0.15) is 13.2 Å². The Bertz CT molecular complexity index is 1280. The molecule has 0 rings (SSSR count). The van der Waals surface area contributed by atoms with Crippen molar-refractivity contribution in [1.82, 2.24) is 0 Å². The smallest absolute Gasteiger partial charge is 0.306 e. The van der Waals surface area contributed by atoms with E-state index in [0.29, 0.717) is 19.3 Å². The van der Waals surface area contributed by atoms with E-state index < -0.39 is 6.10 Å². The highest BCUT2D eigenvalue weighted by Gasteiger charge is 2.19. The first-order chi connectivity index (χ1) is 35.0. The van der Waals surface area contributed by atoms with Crippen LogP contribution in [0.4, 0.5) is 0 Å². The van der Waals surface area contributed by atoms with Gasteiger partial charge in [-0.25, -0.2) is 0 Å². The molecule has 412 valence electrons.